The van der Waals surface area contributed by atoms with Crippen molar-refractivity contribution in [2.75, 3.05) is 7.11 Å². The second kappa shape index (κ2) is 3.79. The molecule has 1 fully saturated rings. The Kier molecular flexibility index (Phi) is 3.07. The van der Waals surface area contributed by atoms with Crippen molar-refractivity contribution in [3.63, 3.8) is 0 Å². The third kappa shape index (κ3) is 2.02. The zero-order chi connectivity index (χ0) is 10.8. The topological polar surface area (TPSA) is 38.3 Å². The van der Waals surface area contributed by atoms with Crippen LogP contribution in [0.2, 0.25) is 0 Å². The van der Waals surface area contributed by atoms with Crippen LogP contribution in [0.25, 0.3) is 0 Å². The highest BCUT2D eigenvalue weighted by Crippen LogP contribution is 2.43. The summed E-state index contributed by atoms with van der Waals surface area (Å²) in [5, 5.41) is 2.97. The van der Waals surface area contributed by atoms with E-state index in [1.165, 1.54) is 20.0 Å². The molecule has 1 aliphatic rings. The molecule has 1 unspecified atom stereocenters. The van der Waals surface area contributed by atoms with Gasteiger partial charge < -0.3 is 10.1 Å². The number of hydrogen-bond acceptors (Lipinski definition) is 2. The molecule has 0 spiro atoms. The van der Waals surface area contributed by atoms with Gasteiger partial charge in [-0.2, -0.15) is 0 Å². The Labute approximate surface area is 86.2 Å². The first-order valence-electron chi connectivity index (χ1n) is 5.27. The van der Waals surface area contributed by atoms with Crippen LogP contribution in [0, 0.1) is 5.41 Å². The second-order valence-electron chi connectivity index (χ2n) is 5.04. The lowest BCUT2D eigenvalue weighted by molar-refractivity contribution is 0.0699. The molecular formula is C11H21NO2. The van der Waals surface area contributed by atoms with Gasteiger partial charge in [0.25, 0.3) is 0 Å². The molecule has 0 aliphatic heterocycles. The molecule has 0 aromatic rings. The third-order valence-electron chi connectivity index (χ3n) is 3.79. The van der Waals surface area contributed by atoms with Gasteiger partial charge in [0.15, 0.2) is 0 Å². The number of ether oxygens (including phenoxy) is 1. The molecule has 0 radical (unpaired) electrons. The number of amides is 1. The number of methoxy groups -OCH3 is 1. The van der Waals surface area contributed by atoms with Crippen molar-refractivity contribution in [2.45, 2.75) is 52.0 Å². The van der Waals surface area contributed by atoms with E-state index < -0.39 is 0 Å². The summed E-state index contributed by atoms with van der Waals surface area (Å²) >= 11 is 0. The minimum absolute atomic E-state index is 0.127. The van der Waals surface area contributed by atoms with Gasteiger partial charge in [0, 0.05) is 5.54 Å². The number of rotatable bonds is 1. The van der Waals surface area contributed by atoms with Gasteiger partial charge in [-0.3, -0.25) is 0 Å². The fourth-order valence-electron chi connectivity index (χ4n) is 2.17. The Morgan fingerprint density at radius 2 is 1.79 bits per heavy atom. The van der Waals surface area contributed by atoms with E-state index in [1.54, 1.807) is 0 Å². The molecular weight excluding hydrogens is 178 g/mol. The van der Waals surface area contributed by atoms with Crippen LogP contribution >= 0.6 is 0 Å². The first-order chi connectivity index (χ1) is 6.41. The summed E-state index contributed by atoms with van der Waals surface area (Å²) in [7, 11) is 1.41. The van der Waals surface area contributed by atoms with Crippen LogP contribution in [-0.4, -0.2) is 18.7 Å². The molecule has 1 rings (SSSR count). The molecule has 3 nitrogen and oxygen atoms in total. The van der Waals surface area contributed by atoms with Gasteiger partial charge in [0.05, 0.1) is 7.11 Å². The maximum atomic E-state index is 11.2. The largest absolute Gasteiger partial charge is 0.453 e. The van der Waals surface area contributed by atoms with E-state index in [4.69, 9.17) is 0 Å². The molecule has 0 aromatic heterocycles. The zero-order valence-electron chi connectivity index (χ0n) is 9.64. The summed E-state index contributed by atoms with van der Waals surface area (Å²) in [6, 6.07) is 0. The summed E-state index contributed by atoms with van der Waals surface area (Å²) in [5.41, 5.74) is 0.0256. The fourth-order valence-corrected chi connectivity index (χ4v) is 2.17. The lowest BCUT2D eigenvalue weighted by Gasteiger charge is -2.48. The molecule has 0 saturated heterocycles. The molecule has 1 N–H and O–H groups in total. The number of carbonyl (C=O) groups excluding carboxylic acids is 1. The zero-order valence-corrected chi connectivity index (χ0v) is 9.64. The minimum atomic E-state index is -0.317. The van der Waals surface area contributed by atoms with E-state index in [0.29, 0.717) is 0 Å². The quantitative estimate of drug-likeness (QED) is 0.705. The molecule has 0 aromatic carbocycles. The van der Waals surface area contributed by atoms with Gasteiger partial charge >= 0.3 is 6.09 Å². The maximum absolute atomic E-state index is 11.2. The Hall–Kier alpha value is -0.730. The lowest BCUT2D eigenvalue weighted by atomic mass is 9.64. The van der Waals surface area contributed by atoms with Crippen LogP contribution in [-0.2, 0) is 4.74 Å². The SMILES string of the molecule is COC(=O)NC1(C)CCCCC1(C)C. The first-order valence-corrected chi connectivity index (χ1v) is 5.27. The number of carbonyl (C=O) groups is 1. The maximum Gasteiger partial charge on any atom is 0.407 e. The molecule has 1 aliphatic carbocycles. The van der Waals surface area contributed by atoms with E-state index in [9.17, 15) is 4.79 Å². The normalized spacial score (nSPS) is 30.9. The molecule has 82 valence electrons. The van der Waals surface area contributed by atoms with Crippen LogP contribution in [0.1, 0.15) is 46.5 Å². The Morgan fingerprint density at radius 3 is 2.29 bits per heavy atom. The highest BCUT2D eigenvalue weighted by Gasteiger charge is 2.43. The van der Waals surface area contributed by atoms with Gasteiger partial charge in [0.2, 0.25) is 0 Å². The van der Waals surface area contributed by atoms with Crippen LogP contribution in [0.5, 0.6) is 0 Å². The fraction of sp³-hybridized carbons (Fsp3) is 0.909. The van der Waals surface area contributed by atoms with E-state index in [-0.39, 0.29) is 17.0 Å². The number of alkyl carbamates (subject to hydrolysis) is 1. The highest BCUT2D eigenvalue weighted by atomic mass is 16.5. The van der Waals surface area contributed by atoms with Gasteiger partial charge in [-0.25, -0.2) is 4.79 Å². The monoisotopic (exact) mass is 199 g/mol. The summed E-state index contributed by atoms with van der Waals surface area (Å²) in [5.74, 6) is 0. The average Bonchev–Trinajstić information content (AvgIpc) is 2.10. The predicted octanol–water partition coefficient (Wildman–Crippen LogP) is 2.70. The van der Waals surface area contributed by atoms with Gasteiger partial charge in [0.1, 0.15) is 0 Å². The summed E-state index contributed by atoms with van der Waals surface area (Å²) < 4.78 is 4.66. The Morgan fingerprint density at radius 1 is 1.21 bits per heavy atom. The Bertz CT molecular complexity index is 225. The van der Waals surface area contributed by atoms with Crippen molar-refractivity contribution in [3.05, 3.63) is 0 Å². The van der Waals surface area contributed by atoms with E-state index >= 15 is 0 Å². The smallest absolute Gasteiger partial charge is 0.407 e. The van der Waals surface area contributed by atoms with E-state index in [1.807, 2.05) is 0 Å². The summed E-state index contributed by atoms with van der Waals surface area (Å²) in [4.78, 5) is 11.2. The van der Waals surface area contributed by atoms with Crippen molar-refractivity contribution in [3.8, 4) is 0 Å². The van der Waals surface area contributed by atoms with E-state index in [0.717, 1.165) is 12.8 Å². The standard InChI is InChI=1S/C11H21NO2/c1-10(2)7-5-6-8-11(10,3)12-9(13)14-4/h5-8H2,1-4H3,(H,12,13). The van der Waals surface area contributed by atoms with Crippen molar-refractivity contribution in [2.24, 2.45) is 5.41 Å². The molecule has 0 bridgehead atoms. The molecule has 1 amide bonds. The molecule has 3 heteroatoms. The Balaban J connectivity index is 2.73. The average molecular weight is 199 g/mol. The van der Waals surface area contributed by atoms with Crippen LogP contribution in [0.15, 0.2) is 0 Å². The molecule has 1 saturated carbocycles. The van der Waals surface area contributed by atoms with Crippen molar-refractivity contribution < 1.29 is 9.53 Å². The number of hydrogen-bond donors (Lipinski definition) is 1. The predicted molar refractivity (Wildman–Crippen MR) is 56.2 cm³/mol. The van der Waals surface area contributed by atoms with Gasteiger partial charge in [-0.15, -0.1) is 0 Å². The highest BCUT2D eigenvalue weighted by molar-refractivity contribution is 5.68. The van der Waals surface area contributed by atoms with E-state index in [2.05, 4.69) is 30.8 Å². The van der Waals surface area contributed by atoms with Crippen LogP contribution in [0.4, 0.5) is 4.79 Å². The van der Waals surface area contributed by atoms with Crippen molar-refractivity contribution >= 4 is 6.09 Å². The second-order valence-corrected chi connectivity index (χ2v) is 5.04. The first kappa shape index (κ1) is 11.3. The molecule has 14 heavy (non-hydrogen) atoms. The van der Waals surface area contributed by atoms with Crippen LogP contribution < -0.4 is 5.32 Å². The van der Waals surface area contributed by atoms with Crippen molar-refractivity contribution in [1.82, 2.24) is 5.32 Å². The lowest BCUT2D eigenvalue weighted by Crippen LogP contribution is -2.57. The minimum Gasteiger partial charge on any atom is -0.453 e. The van der Waals surface area contributed by atoms with Gasteiger partial charge in [-0.1, -0.05) is 26.7 Å². The summed E-state index contributed by atoms with van der Waals surface area (Å²) in [6.45, 7) is 6.54. The molecule has 1 atom stereocenters. The third-order valence-corrected chi connectivity index (χ3v) is 3.79. The molecule has 0 heterocycles. The van der Waals surface area contributed by atoms with Crippen molar-refractivity contribution in [1.29, 1.82) is 0 Å². The summed E-state index contributed by atoms with van der Waals surface area (Å²) in [6.07, 6.45) is 4.32. The van der Waals surface area contributed by atoms with Gasteiger partial charge in [-0.05, 0) is 25.2 Å². The number of nitrogens with one attached hydrogen (secondary N) is 1. The van der Waals surface area contributed by atoms with Crippen LogP contribution in [0.3, 0.4) is 0 Å².